The fourth-order valence-corrected chi connectivity index (χ4v) is 3.65. The molecule has 2 aliphatic rings. The third-order valence-electron chi connectivity index (χ3n) is 4.70. The Hall–Kier alpha value is -1.90. The number of nitrogens with zero attached hydrogens (tertiary/aromatic N) is 1. The van der Waals surface area contributed by atoms with Crippen molar-refractivity contribution in [2.45, 2.75) is 24.7 Å². The molecule has 4 nitrogen and oxygen atoms in total. The van der Waals surface area contributed by atoms with Gasteiger partial charge in [-0.2, -0.15) is 0 Å². The van der Waals surface area contributed by atoms with Gasteiger partial charge in [0.2, 0.25) is 5.78 Å². The number of allylic oxidation sites excluding steroid dienone is 1. The number of hydrogen-bond acceptors (Lipinski definition) is 3. The van der Waals surface area contributed by atoms with Gasteiger partial charge < -0.3 is 4.74 Å². The average Bonchev–Trinajstić information content (AvgIpc) is 2.57. The van der Waals surface area contributed by atoms with Crippen molar-refractivity contribution >= 4 is 11.7 Å². The van der Waals surface area contributed by atoms with Crippen LogP contribution in [-0.4, -0.2) is 31.5 Å². The molecule has 1 aromatic carbocycles. The van der Waals surface area contributed by atoms with Gasteiger partial charge in [0.1, 0.15) is 0 Å². The summed E-state index contributed by atoms with van der Waals surface area (Å²) in [6, 6.07) is 9.80. The predicted octanol–water partition coefficient (Wildman–Crippen LogP) is 1.64. The van der Waals surface area contributed by atoms with Gasteiger partial charge in [0.25, 0.3) is 0 Å². The molecule has 2 heterocycles. The van der Waals surface area contributed by atoms with Crippen LogP contribution in [-0.2, 0) is 19.7 Å². The van der Waals surface area contributed by atoms with Gasteiger partial charge in [0.15, 0.2) is 11.6 Å². The molecular weight excluding hydrogens is 266 g/mol. The van der Waals surface area contributed by atoms with Crippen LogP contribution in [0, 0.1) is 5.92 Å². The smallest absolute Gasteiger partial charge is 0.202 e. The molecule has 0 amide bonds. The summed E-state index contributed by atoms with van der Waals surface area (Å²) in [6.45, 7) is 1.84. The molecule has 1 atom stereocenters. The molecule has 0 aromatic heterocycles. The van der Waals surface area contributed by atoms with E-state index in [0.717, 1.165) is 18.4 Å². The lowest BCUT2D eigenvalue weighted by Gasteiger charge is -2.43. The minimum Gasteiger partial charge on any atom is -0.381 e. The Morgan fingerprint density at radius 3 is 2.57 bits per heavy atom. The maximum atomic E-state index is 12.9. The molecule has 1 unspecified atom stereocenters. The molecule has 21 heavy (non-hydrogen) atoms. The third kappa shape index (κ3) is 2.31. The second-order valence-electron chi connectivity index (χ2n) is 5.64. The van der Waals surface area contributed by atoms with E-state index in [2.05, 4.69) is 5.32 Å². The summed E-state index contributed by atoms with van der Waals surface area (Å²) in [5, 5.41) is 4.06. The number of carbonyl (C=O) groups excluding carboxylic acids is 2. The molecule has 109 valence electrons. The van der Waals surface area contributed by atoms with Crippen molar-refractivity contribution in [1.82, 2.24) is 5.32 Å². The number of ether oxygens (including phenoxy) is 1. The zero-order chi connectivity index (χ0) is 14.7. The molecule has 1 aromatic rings. The van der Waals surface area contributed by atoms with E-state index in [4.69, 9.17) is 4.74 Å². The van der Waals surface area contributed by atoms with E-state index in [-0.39, 0.29) is 17.4 Å². The molecule has 0 saturated carbocycles. The largest absolute Gasteiger partial charge is 0.381 e. The molecule has 3 rings (SSSR count). The van der Waals surface area contributed by atoms with Gasteiger partial charge in [-0.25, -0.2) is 4.79 Å². The van der Waals surface area contributed by atoms with E-state index in [0.29, 0.717) is 26.2 Å². The van der Waals surface area contributed by atoms with E-state index >= 15 is 0 Å². The van der Waals surface area contributed by atoms with Crippen molar-refractivity contribution in [2.75, 3.05) is 19.8 Å². The van der Waals surface area contributed by atoms with Crippen molar-refractivity contribution in [3.05, 3.63) is 41.6 Å². The Morgan fingerprint density at radius 2 is 1.90 bits per heavy atom. The third-order valence-corrected chi connectivity index (χ3v) is 4.70. The first kappa shape index (κ1) is 14.1. The first-order chi connectivity index (χ1) is 10.3. The summed E-state index contributed by atoms with van der Waals surface area (Å²) >= 11 is 0. The van der Waals surface area contributed by atoms with Crippen LogP contribution in [0.5, 0.6) is 0 Å². The van der Waals surface area contributed by atoms with Crippen LogP contribution >= 0.6 is 0 Å². The summed E-state index contributed by atoms with van der Waals surface area (Å²) < 4.78 is 5.44. The summed E-state index contributed by atoms with van der Waals surface area (Å²) in [7, 11) is 0. The quantitative estimate of drug-likeness (QED) is 0.613. The van der Waals surface area contributed by atoms with Gasteiger partial charge in [0, 0.05) is 19.8 Å². The van der Waals surface area contributed by atoms with Crippen LogP contribution in [0.4, 0.5) is 0 Å². The first-order valence-corrected chi connectivity index (χ1v) is 7.39. The molecule has 0 aliphatic carbocycles. The zero-order valence-corrected chi connectivity index (χ0v) is 11.9. The van der Waals surface area contributed by atoms with Crippen LogP contribution in [0.2, 0.25) is 0 Å². The number of piperidine rings is 1. The minimum absolute atomic E-state index is 0.0309. The van der Waals surface area contributed by atoms with Crippen molar-refractivity contribution in [2.24, 2.45) is 5.92 Å². The highest BCUT2D eigenvalue weighted by molar-refractivity contribution is 6.09. The van der Waals surface area contributed by atoms with Gasteiger partial charge in [-0.3, -0.25) is 10.1 Å². The molecule has 0 bridgehead atoms. The summed E-state index contributed by atoms with van der Waals surface area (Å²) in [5.41, 5.74) is 0.320. The maximum Gasteiger partial charge on any atom is 0.202 e. The highest BCUT2D eigenvalue weighted by Crippen LogP contribution is 2.44. The molecule has 0 N–H and O–H groups in total. The Bertz CT molecular complexity index is 571. The lowest BCUT2D eigenvalue weighted by atomic mass is 9.61. The fourth-order valence-electron chi connectivity index (χ4n) is 3.65. The van der Waals surface area contributed by atoms with Crippen LogP contribution in [0.1, 0.15) is 24.8 Å². The van der Waals surface area contributed by atoms with Crippen molar-refractivity contribution < 1.29 is 14.3 Å². The van der Waals surface area contributed by atoms with Crippen LogP contribution < -0.4 is 5.32 Å². The van der Waals surface area contributed by atoms with Crippen molar-refractivity contribution in [1.29, 1.82) is 0 Å². The lowest BCUT2D eigenvalue weighted by molar-refractivity contribution is -0.126. The Kier molecular flexibility index (Phi) is 3.91. The van der Waals surface area contributed by atoms with E-state index < -0.39 is 5.41 Å². The second kappa shape index (κ2) is 5.84. The van der Waals surface area contributed by atoms with Gasteiger partial charge in [-0.15, -0.1) is 0 Å². The average molecular weight is 284 g/mol. The van der Waals surface area contributed by atoms with Crippen LogP contribution in [0.3, 0.4) is 0 Å². The number of hydrogen-bond donors (Lipinski definition) is 0. The topological polar surface area (TPSA) is 57.5 Å². The zero-order valence-electron chi connectivity index (χ0n) is 11.9. The standard InChI is InChI=1S/C17H18NO3/c19-12-15-16(20)17(8-9-18-15,13-4-2-1-3-5-13)14-6-10-21-11-7-14/h1-5,14H,6-11H2. The van der Waals surface area contributed by atoms with Gasteiger partial charge in [-0.1, -0.05) is 30.3 Å². The van der Waals surface area contributed by atoms with Gasteiger partial charge in [-0.05, 0) is 30.7 Å². The summed E-state index contributed by atoms with van der Waals surface area (Å²) in [6.07, 6.45) is 2.34. The van der Waals surface area contributed by atoms with E-state index in [1.807, 2.05) is 30.3 Å². The predicted molar refractivity (Wildman–Crippen MR) is 77.5 cm³/mol. The molecule has 4 heteroatoms. The Morgan fingerprint density at radius 1 is 1.19 bits per heavy atom. The van der Waals surface area contributed by atoms with E-state index in [1.54, 1.807) is 5.94 Å². The number of rotatable bonds is 2. The van der Waals surface area contributed by atoms with Crippen LogP contribution in [0.25, 0.3) is 0 Å². The molecule has 1 radical (unpaired) electrons. The number of ketones is 1. The molecule has 2 fully saturated rings. The Balaban J connectivity index is 2.10. The number of carbonyl (C=O) groups is 1. The fraction of sp³-hybridized carbons (Fsp3) is 0.471. The van der Waals surface area contributed by atoms with Gasteiger partial charge in [0.05, 0.1) is 5.41 Å². The minimum atomic E-state index is -0.639. The maximum absolute atomic E-state index is 12.9. The van der Waals surface area contributed by atoms with E-state index in [1.165, 1.54) is 0 Å². The van der Waals surface area contributed by atoms with Crippen molar-refractivity contribution in [3.8, 4) is 0 Å². The number of Topliss-reactive ketones (excluding diaryl/α,β-unsaturated/α-hetero) is 1. The normalized spacial score (nSPS) is 27.0. The van der Waals surface area contributed by atoms with Gasteiger partial charge >= 0.3 is 0 Å². The highest BCUT2D eigenvalue weighted by atomic mass is 16.5. The molecule has 2 aliphatic heterocycles. The summed E-state index contributed by atoms with van der Waals surface area (Å²) in [4.78, 5) is 24.0. The van der Waals surface area contributed by atoms with E-state index in [9.17, 15) is 9.59 Å². The lowest BCUT2D eigenvalue weighted by Crippen LogP contribution is -2.51. The second-order valence-corrected chi connectivity index (χ2v) is 5.64. The molecular formula is C17H18NO3. The summed E-state index contributed by atoms with van der Waals surface area (Å²) in [5.74, 6) is 1.77. The number of benzene rings is 1. The SMILES string of the molecule is O=C=C1[N]CCC(c2ccccc2)(C2CCOCC2)C1=O. The van der Waals surface area contributed by atoms with Crippen molar-refractivity contribution in [3.63, 3.8) is 0 Å². The highest BCUT2D eigenvalue weighted by Gasteiger charge is 2.50. The van der Waals surface area contributed by atoms with Crippen LogP contribution in [0.15, 0.2) is 36.0 Å². The monoisotopic (exact) mass is 284 g/mol. The molecule has 2 saturated heterocycles. The molecule has 0 spiro atoms. The first-order valence-electron chi connectivity index (χ1n) is 7.39. The Labute approximate surface area is 124 Å².